The molecule has 1 aromatic carbocycles. The Kier molecular flexibility index (Phi) is 9.90. The largest absolute Gasteiger partial charge is 0.385 e. The van der Waals surface area contributed by atoms with E-state index in [1.54, 1.807) is 7.11 Å². The summed E-state index contributed by atoms with van der Waals surface area (Å²) in [5.74, 6) is 1.61. The van der Waals surface area contributed by atoms with Crippen LogP contribution in [-0.2, 0) is 9.47 Å². The van der Waals surface area contributed by atoms with Gasteiger partial charge in [-0.15, -0.1) is 0 Å². The van der Waals surface area contributed by atoms with E-state index in [9.17, 15) is 0 Å². The summed E-state index contributed by atoms with van der Waals surface area (Å²) in [6.45, 7) is 8.98. The second kappa shape index (κ2) is 12.5. The average Bonchev–Trinajstić information content (AvgIpc) is 3.14. The van der Waals surface area contributed by atoms with Crippen LogP contribution in [0.4, 0.5) is 5.69 Å². The Morgan fingerprint density at radius 3 is 2.88 bits per heavy atom. The van der Waals surface area contributed by atoms with Crippen LogP contribution >= 0.6 is 0 Å². The predicted molar refractivity (Wildman–Crippen MR) is 108 cm³/mol. The lowest BCUT2D eigenvalue weighted by Crippen LogP contribution is -2.40. The van der Waals surface area contributed by atoms with Gasteiger partial charge in [-0.2, -0.15) is 0 Å². The third-order valence-corrected chi connectivity index (χ3v) is 4.40. The summed E-state index contributed by atoms with van der Waals surface area (Å²) in [5, 5.41) is 6.86. The van der Waals surface area contributed by atoms with Gasteiger partial charge < -0.3 is 25.0 Å². The van der Waals surface area contributed by atoms with Crippen molar-refractivity contribution in [1.29, 1.82) is 0 Å². The van der Waals surface area contributed by atoms with Crippen molar-refractivity contribution in [3.05, 3.63) is 30.3 Å². The van der Waals surface area contributed by atoms with Crippen LogP contribution in [0.1, 0.15) is 19.8 Å². The number of hydrogen-bond donors (Lipinski definition) is 2. The van der Waals surface area contributed by atoms with Crippen molar-refractivity contribution >= 4 is 11.6 Å². The van der Waals surface area contributed by atoms with Crippen molar-refractivity contribution in [1.82, 2.24) is 10.2 Å². The van der Waals surface area contributed by atoms with Gasteiger partial charge in [-0.05, 0) is 31.9 Å². The van der Waals surface area contributed by atoms with Gasteiger partial charge in [0.2, 0.25) is 0 Å². The minimum Gasteiger partial charge on any atom is -0.385 e. The molecule has 1 aliphatic rings. The fourth-order valence-electron chi connectivity index (χ4n) is 3.03. The Balaban J connectivity index is 1.69. The first kappa shape index (κ1) is 20.5. The number of aliphatic imine (C=N–C) groups is 1. The zero-order valence-corrected chi connectivity index (χ0v) is 16.2. The molecule has 0 amide bonds. The van der Waals surface area contributed by atoms with Crippen molar-refractivity contribution in [3.8, 4) is 0 Å². The summed E-state index contributed by atoms with van der Waals surface area (Å²) in [5.41, 5.74) is 1.17. The van der Waals surface area contributed by atoms with E-state index < -0.39 is 0 Å². The SMILES string of the molecule is CCNC(=NCCCNc1ccccc1)N1CCC(COCCOC)C1. The standard InChI is InChI=1S/C20H34N4O2/c1-3-21-20(23-12-7-11-22-19-8-5-4-6-9-19)24-13-10-18(16-24)17-26-15-14-25-2/h4-6,8-9,18,22H,3,7,10-17H2,1-2H3,(H,21,23). The number of anilines is 1. The molecule has 1 unspecified atom stereocenters. The molecular weight excluding hydrogens is 328 g/mol. The number of para-hydroxylation sites is 1. The van der Waals surface area contributed by atoms with Gasteiger partial charge in [0.05, 0.1) is 19.8 Å². The molecule has 0 aliphatic carbocycles. The van der Waals surface area contributed by atoms with E-state index >= 15 is 0 Å². The fourth-order valence-corrected chi connectivity index (χ4v) is 3.03. The predicted octanol–water partition coefficient (Wildman–Crippen LogP) is 2.44. The Morgan fingerprint density at radius 2 is 2.12 bits per heavy atom. The molecule has 1 fully saturated rings. The summed E-state index contributed by atoms with van der Waals surface area (Å²) in [6, 6.07) is 10.3. The van der Waals surface area contributed by atoms with E-state index in [0.29, 0.717) is 19.1 Å². The van der Waals surface area contributed by atoms with E-state index in [4.69, 9.17) is 14.5 Å². The molecule has 2 N–H and O–H groups in total. The molecule has 0 saturated carbocycles. The van der Waals surface area contributed by atoms with Crippen molar-refractivity contribution in [2.24, 2.45) is 10.9 Å². The minimum absolute atomic E-state index is 0.579. The van der Waals surface area contributed by atoms with Crippen LogP contribution in [-0.4, -0.2) is 70.5 Å². The van der Waals surface area contributed by atoms with E-state index in [-0.39, 0.29) is 0 Å². The molecule has 2 rings (SSSR count). The maximum Gasteiger partial charge on any atom is 0.193 e. The van der Waals surface area contributed by atoms with Gasteiger partial charge in [0.1, 0.15) is 0 Å². The number of likely N-dealkylation sites (tertiary alicyclic amines) is 1. The number of hydrogen-bond acceptors (Lipinski definition) is 4. The molecule has 0 bridgehead atoms. The lowest BCUT2D eigenvalue weighted by Gasteiger charge is -2.21. The summed E-state index contributed by atoms with van der Waals surface area (Å²) >= 11 is 0. The molecule has 146 valence electrons. The van der Waals surface area contributed by atoms with Gasteiger partial charge in [0.25, 0.3) is 0 Å². The molecule has 1 saturated heterocycles. The summed E-state index contributed by atoms with van der Waals surface area (Å²) in [7, 11) is 1.70. The number of nitrogens with zero attached hydrogens (tertiary/aromatic N) is 2. The summed E-state index contributed by atoms with van der Waals surface area (Å²) < 4.78 is 10.7. The Bertz CT molecular complexity index is 510. The van der Waals surface area contributed by atoms with Crippen LogP contribution in [0.3, 0.4) is 0 Å². The normalized spacial score (nSPS) is 17.5. The second-order valence-corrected chi connectivity index (χ2v) is 6.55. The van der Waals surface area contributed by atoms with Gasteiger partial charge in [-0.1, -0.05) is 18.2 Å². The van der Waals surface area contributed by atoms with Crippen molar-refractivity contribution in [2.75, 3.05) is 65.0 Å². The first-order chi connectivity index (χ1) is 12.8. The number of ether oxygens (including phenoxy) is 2. The second-order valence-electron chi connectivity index (χ2n) is 6.55. The van der Waals surface area contributed by atoms with Crippen LogP contribution in [0.5, 0.6) is 0 Å². The molecule has 6 nitrogen and oxygen atoms in total. The molecule has 1 aromatic rings. The lowest BCUT2D eigenvalue weighted by molar-refractivity contribution is 0.0536. The van der Waals surface area contributed by atoms with Crippen LogP contribution in [0, 0.1) is 5.92 Å². The van der Waals surface area contributed by atoms with E-state index in [1.807, 2.05) is 18.2 Å². The number of benzene rings is 1. The smallest absolute Gasteiger partial charge is 0.193 e. The van der Waals surface area contributed by atoms with Gasteiger partial charge >= 0.3 is 0 Å². The van der Waals surface area contributed by atoms with E-state index in [1.165, 1.54) is 5.69 Å². The monoisotopic (exact) mass is 362 g/mol. The molecule has 1 atom stereocenters. The number of nitrogens with one attached hydrogen (secondary N) is 2. The zero-order chi connectivity index (χ0) is 18.5. The number of guanidine groups is 1. The Hall–Kier alpha value is -1.79. The Labute approximate surface area is 158 Å². The molecule has 1 aliphatic heterocycles. The maximum absolute atomic E-state index is 5.68. The molecule has 0 spiro atoms. The fraction of sp³-hybridized carbons (Fsp3) is 0.650. The average molecular weight is 363 g/mol. The van der Waals surface area contributed by atoms with E-state index in [2.05, 4.69) is 34.6 Å². The van der Waals surface area contributed by atoms with Gasteiger partial charge in [-0.25, -0.2) is 0 Å². The highest BCUT2D eigenvalue weighted by molar-refractivity contribution is 5.80. The summed E-state index contributed by atoms with van der Waals surface area (Å²) in [4.78, 5) is 7.16. The van der Waals surface area contributed by atoms with E-state index in [0.717, 1.165) is 58.1 Å². The molecular formula is C20H34N4O2. The zero-order valence-electron chi connectivity index (χ0n) is 16.2. The van der Waals surface area contributed by atoms with Crippen molar-refractivity contribution in [3.63, 3.8) is 0 Å². The highest BCUT2D eigenvalue weighted by atomic mass is 16.5. The highest BCUT2D eigenvalue weighted by Crippen LogP contribution is 2.16. The third kappa shape index (κ3) is 7.62. The topological polar surface area (TPSA) is 58.1 Å². The van der Waals surface area contributed by atoms with Gasteiger partial charge in [0.15, 0.2) is 5.96 Å². The third-order valence-electron chi connectivity index (χ3n) is 4.40. The minimum atomic E-state index is 0.579. The highest BCUT2D eigenvalue weighted by Gasteiger charge is 2.24. The van der Waals surface area contributed by atoms with Crippen LogP contribution in [0.25, 0.3) is 0 Å². The molecule has 1 heterocycles. The van der Waals surface area contributed by atoms with Crippen molar-refractivity contribution in [2.45, 2.75) is 19.8 Å². The first-order valence-electron chi connectivity index (χ1n) is 9.72. The molecule has 0 aromatic heterocycles. The Morgan fingerprint density at radius 1 is 1.27 bits per heavy atom. The summed E-state index contributed by atoms with van der Waals surface area (Å²) in [6.07, 6.45) is 2.17. The molecule has 0 radical (unpaired) electrons. The van der Waals surface area contributed by atoms with Gasteiger partial charge in [0, 0.05) is 51.4 Å². The van der Waals surface area contributed by atoms with Crippen molar-refractivity contribution < 1.29 is 9.47 Å². The molecule has 6 heteroatoms. The quantitative estimate of drug-likeness (QED) is 0.360. The number of rotatable bonds is 11. The molecule has 26 heavy (non-hydrogen) atoms. The maximum atomic E-state index is 5.68. The lowest BCUT2D eigenvalue weighted by atomic mass is 10.1. The van der Waals surface area contributed by atoms with Gasteiger partial charge in [-0.3, -0.25) is 4.99 Å². The van der Waals surface area contributed by atoms with Crippen LogP contribution < -0.4 is 10.6 Å². The van der Waals surface area contributed by atoms with Crippen LogP contribution in [0.2, 0.25) is 0 Å². The van der Waals surface area contributed by atoms with Crippen LogP contribution in [0.15, 0.2) is 35.3 Å². The number of methoxy groups -OCH3 is 1. The first-order valence-corrected chi connectivity index (χ1v) is 9.72.